The fourth-order valence-electron chi connectivity index (χ4n) is 1.92. The maximum absolute atomic E-state index is 12.9. The van der Waals surface area contributed by atoms with Gasteiger partial charge in [0.1, 0.15) is 12.1 Å². The number of benzene rings is 1. The molecular weight excluding hydrogens is 337 g/mol. The highest BCUT2D eigenvalue weighted by Crippen LogP contribution is 2.18. The lowest BCUT2D eigenvalue weighted by Crippen LogP contribution is -2.36. The predicted octanol–water partition coefficient (Wildman–Crippen LogP) is 1.80. The largest absolute Gasteiger partial charge is 0.444 e. The van der Waals surface area contributed by atoms with Crippen LogP contribution in [0.4, 0.5) is 4.39 Å². The number of hydrogen-bond donors (Lipinski definition) is 2. The molecule has 6 nitrogen and oxygen atoms in total. The van der Waals surface area contributed by atoms with Gasteiger partial charge in [-0.15, -0.1) is 12.4 Å². The van der Waals surface area contributed by atoms with Crippen LogP contribution in [0.1, 0.15) is 5.69 Å². The minimum absolute atomic E-state index is 0. The Bertz CT molecular complexity index is 619. The Labute approximate surface area is 146 Å². The van der Waals surface area contributed by atoms with Crippen LogP contribution >= 0.6 is 12.4 Å². The second-order valence-electron chi connectivity index (χ2n) is 4.92. The quantitative estimate of drug-likeness (QED) is 0.669. The van der Waals surface area contributed by atoms with E-state index in [9.17, 15) is 9.18 Å². The van der Waals surface area contributed by atoms with Crippen molar-refractivity contribution in [3.63, 3.8) is 0 Å². The number of aromatic nitrogens is 1. The van der Waals surface area contributed by atoms with Crippen molar-refractivity contribution in [2.75, 3.05) is 33.4 Å². The van der Waals surface area contributed by atoms with E-state index in [1.165, 1.54) is 12.1 Å². The first kappa shape index (κ1) is 20.1. The number of oxazole rings is 1. The second kappa shape index (κ2) is 10.7. The monoisotopic (exact) mass is 357 g/mol. The van der Waals surface area contributed by atoms with Gasteiger partial charge in [-0.1, -0.05) is 0 Å². The Kier molecular flexibility index (Phi) is 8.99. The molecule has 0 unspecified atom stereocenters. The van der Waals surface area contributed by atoms with Crippen molar-refractivity contribution >= 4 is 18.3 Å². The van der Waals surface area contributed by atoms with Crippen LogP contribution in [0.5, 0.6) is 0 Å². The number of carbonyl (C=O) groups is 1. The van der Waals surface area contributed by atoms with Crippen molar-refractivity contribution in [1.29, 1.82) is 0 Å². The van der Waals surface area contributed by atoms with E-state index in [0.29, 0.717) is 37.6 Å². The third-order valence-corrected chi connectivity index (χ3v) is 3.11. The summed E-state index contributed by atoms with van der Waals surface area (Å²) in [6.07, 6.45) is 2.11. The van der Waals surface area contributed by atoms with Crippen molar-refractivity contribution in [2.24, 2.45) is 0 Å². The summed E-state index contributed by atoms with van der Waals surface area (Å²) in [4.78, 5) is 15.9. The molecule has 2 rings (SSSR count). The number of rotatable bonds is 9. The van der Waals surface area contributed by atoms with Gasteiger partial charge in [-0.3, -0.25) is 4.79 Å². The fraction of sp³-hybridized carbons (Fsp3) is 0.375. The van der Waals surface area contributed by atoms with Crippen LogP contribution in [0.3, 0.4) is 0 Å². The van der Waals surface area contributed by atoms with Gasteiger partial charge in [0.2, 0.25) is 11.8 Å². The van der Waals surface area contributed by atoms with Crippen LogP contribution in [0, 0.1) is 5.82 Å². The topological polar surface area (TPSA) is 76.4 Å². The van der Waals surface area contributed by atoms with Gasteiger partial charge in [0.05, 0.1) is 18.8 Å². The highest BCUT2D eigenvalue weighted by molar-refractivity contribution is 5.85. The number of carbonyl (C=O) groups excluding carboxylic acids is 1. The molecule has 24 heavy (non-hydrogen) atoms. The summed E-state index contributed by atoms with van der Waals surface area (Å²) < 4.78 is 23.1. The number of halogens is 2. The summed E-state index contributed by atoms with van der Waals surface area (Å²) in [5.74, 6) is 0.0539. The molecule has 1 aromatic carbocycles. The summed E-state index contributed by atoms with van der Waals surface area (Å²) >= 11 is 0. The number of nitrogens with one attached hydrogen (secondary N) is 2. The van der Waals surface area contributed by atoms with Crippen LogP contribution in [0.25, 0.3) is 11.5 Å². The van der Waals surface area contributed by atoms with E-state index >= 15 is 0 Å². The molecule has 0 aliphatic carbocycles. The maximum atomic E-state index is 12.9. The van der Waals surface area contributed by atoms with E-state index in [0.717, 1.165) is 5.69 Å². The summed E-state index contributed by atoms with van der Waals surface area (Å²) in [5, 5.41) is 5.75. The first-order valence-corrected chi connectivity index (χ1v) is 7.35. The Hall–Kier alpha value is -1.96. The van der Waals surface area contributed by atoms with Crippen molar-refractivity contribution in [1.82, 2.24) is 15.6 Å². The summed E-state index contributed by atoms with van der Waals surface area (Å²) in [5.41, 5.74) is 1.45. The van der Waals surface area contributed by atoms with Crippen LogP contribution in [-0.2, 0) is 16.0 Å². The van der Waals surface area contributed by atoms with Crippen LogP contribution in [-0.4, -0.2) is 44.2 Å². The van der Waals surface area contributed by atoms with Gasteiger partial charge >= 0.3 is 0 Å². The molecule has 0 saturated carbocycles. The summed E-state index contributed by atoms with van der Waals surface area (Å²) in [7, 11) is 1.61. The minimum atomic E-state index is -0.303. The molecule has 1 aromatic heterocycles. The minimum Gasteiger partial charge on any atom is -0.444 e. The molecule has 132 valence electrons. The first-order chi connectivity index (χ1) is 11.2. The number of nitrogens with zero attached hydrogens (tertiary/aromatic N) is 1. The highest BCUT2D eigenvalue weighted by atomic mass is 35.5. The van der Waals surface area contributed by atoms with E-state index in [2.05, 4.69) is 15.6 Å². The summed E-state index contributed by atoms with van der Waals surface area (Å²) in [6.45, 7) is 1.93. The smallest absolute Gasteiger partial charge is 0.233 e. The van der Waals surface area contributed by atoms with E-state index < -0.39 is 0 Å². The lowest BCUT2D eigenvalue weighted by molar-refractivity contribution is -0.120. The van der Waals surface area contributed by atoms with Gasteiger partial charge in [0.25, 0.3) is 0 Å². The third kappa shape index (κ3) is 6.66. The Balaban J connectivity index is 0.00000288. The van der Waals surface area contributed by atoms with Gasteiger partial charge in [-0.25, -0.2) is 9.37 Å². The number of ether oxygens (including phenoxy) is 1. The Morgan fingerprint density at radius 1 is 1.29 bits per heavy atom. The zero-order valence-electron chi connectivity index (χ0n) is 13.4. The predicted molar refractivity (Wildman–Crippen MR) is 90.6 cm³/mol. The van der Waals surface area contributed by atoms with Crippen LogP contribution < -0.4 is 10.6 Å². The van der Waals surface area contributed by atoms with Gasteiger partial charge in [0.15, 0.2) is 0 Å². The molecule has 8 heteroatoms. The molecule has 2 N–H and O–H groups in total. The van der Waals surface area contributed by atoms with Crippen molar-refractivity contribution < 1.29 is 18.3 Å². The molecule has 0 bridgehead atoms. The molecule has 0 fully saturated rings. The second-order valence-corrected chi connectivity index (χ2v) is 4.92. The molecular formula is C16H21ClFN3O3. The maximum Gasteiger partial charge on any atom is 0.233 e. The molecule has 0 atom stereocenters. The van der Waals surface area contributed by atoms with Gasteiger partial charge in [-0.2, -0.15) is 0 Å². The lowest BCUT2D eigenvalue weighted by Gasteiger charge is -2.05. The average molecular weight is 358 g/mol. The molecule has 0 radical (unpaired) electrons. The van der Waals surface area contributed by atoms with E-state index in [-0.39, 0.29) is 30.7 Å². The fourth-order valence-corrected chi connectivity index (χ4v) is 1.92. The standard InChI is InChI=1S/C16H20FN3O3.ClH/c1-22-9-8-18-10-15(21)19-7-6-14-11-23-16(20-14)12-2-4-13(17)5-3-12;/h2-5,11,18H,6-10H2,1H3,(H,19,21);1H. The van der Waals surface area contributed by atoms with Gasteiger partial charge in [0, 0.05) is 32.2 Å². The highest BCUT2D eigenvalue weighted by Gasteiger charge is 2.07. The van der Waals surface area contributed by atoms with Crippen molar-refractivity contribution in [3.05, 3.63) is 42.0 Å². The Morgan fingerprint density at radius 3 is 2.75 bits per heavy atom. The average Bonchev–Trinajstić information content (AvgIpc) is 3.01. The van der Waals surface area contributed by atoms with Crippen molar-refractivity contribution in [2.45, 2.75) is 6.42 Å². The van der Waals surface area contributed by atoms with Gasteiger partial charge in [-0.05, 0) is 24.3 Å². The molecule has 0 aliphatic heterocycles. The number of hydrogen-bond acceptors (Lipinski definition) is 5. The number of amides is 1. The molecule has 0 spiro atoms. The molecule has 0 aliphatic rings. The van der Waals surface area contributed by atoms with E-state index in [1.807, 2.05) is 0 Å². The third-order valence-electron chi connectivity index (χ3n) is 3.11. The van der Waals surface area contributed by atoms with Crippen LogP contribution in [0.15, 0.2) is 34.9 Å². The lowest BCUT2D eigenvalue weighted by atomic mass is 10.2. The summed E-state index contributed by atoms with van der Waals surface area (Å²) in [6, 6.07) is 5.93. The molecule has 0 saturated heterocycles. The molecule has 2 aromatic rings. The normalized spacial score (nSPS) is 10.2. The first-order valence-electron chi connectivity index (χ1n) is 7.35. The molecule has 1 amide bonds. The SMILES string of the molecule is COCCNCC(=O)NCCc1coc(-c2ccc(F)cc2)n1.Cl. The zero-order valence-corrected chi connectivity index (χ0v) is 14.2. The van der Waals surface area contributed by atoms with Crippen molar-refractivity contribution in [3.8, 4) is 11.5 Å². The molecule has 1 heterocycles. The van der Waals surface area contributed by atoms with Crippen LogP contribution in [0.2, 0.25) is 0 Å². The Morgan fingerprint density at radius 2 is 2.04 bits per heavy atom. The van der Waals surface area contributed by atoms with E-state index in [4.69, 9.17) is 9.15 Å². The van der Waals surface area contributed by atoms with E-state index in [1.54, 1.807) is 25.5 Å². The zero-order chi connectivity index (χ0) is 16.5. The van der Waals surface area contributed by atoms with Gasteiger partial charge < -0.3 is 19.8 Å². The number of methoxy groups -OCH3 is 1.